The van der Waals surface area contributed by atoms with Gasteiger partial charge in [0.1, 0.15) is 6.04 Å². The quantitative estimate of drug-likeness (QED) is 0.860. The number of nitrogens with zero attached hydrogens (tertiary/aromatic N) is 1. The SMILES string of the molecule is CC[C@@H](C(=O)NC(=O)C1CCC(C)CC1)N1CCCC1=O. The van der Waals surface area contributed by atoms with Crippen LogP contribution in [0.2, 0.25) is 0 Å². The molecule has 1 aliphatic heterocycles. The first-order valence-electron chi connectivity index (χ1n) is 8.17. The molecule has 5 heteroatoms. The summed E-state index contributed by atoms with van der Waals surface area (Å²) in [5, 5.41) is 2.54. The Kier molecular flexibility index (Phi) is 5.37. The fraction of sp³-hybridized carbons (Fsp3) is 0.812. The zero-order valence-corrected chi connectivity index (χ0v) is 13.1. The van der Waals surface area contributed by atoms with E-state index in [9.17, 15) is 14.4 Å². The number of carbonyl (C=O) groups is 3. The van der Waals surface area contributed by atoms with Crippen molar-refractivity contribution in [3.05, 3.63) is 0 Å². The molecular weight excluding hydrogens is 268 g/mol. The van der Waals surface area contributed by atoms with Crippen molar-refractivity contribution in [2.24, 2.45) is 11.8 Å². The Morgan fingerprint density at radius 3 is 2.48 bits per heavy atom. The van der Waals surface area contributed by atoms with Crippen LogP contribution in [-0.4, -0.2) is 35.2 Å². The van der Waals surface area contributed by atoms with Crippen LogP contribution in [0, 0.1) is 11.8 Å². The fourth-order valence-electron chi connectivity index (χ4n) is 3.37. The predicted molar refractivity (Wildman–Crippen MR) is 79.3 cm³/mol. The van der Waals surface area contributed by atoms with E-state index in [0.29, 0.717) is 25.3 Å². The van der Waals surface area contributed by atoms with E-state index in [0.717, 1.165) is 32.1 Å². The minimum Gasteiger partial charge on any atom is -0.331 e. The first-order chi connectivity index (χ1) is 10.0. The van der Waals surface area contributed by atoms with Crippen LogP contribution < -0.4 is 5.32 Å². The van der Waals surface area contributed by atoms with E-state index in [1.807, 2.05) is 6.92 Å². The van der Waals surface area contributed by atoms with Crippen molar-refractivity contribution in [2.75, 3.05) is 6.54 Å². The van der Waals surface area contributed by atoms with E-state index in [4.69, 9.17) is 0 Å². The third-order valence-corrected chi connectivity index (χ3v) is 4.81. The van der Waals surface area contributed by atoms with Crippen molar-refractivity contribution in [3.8, 4) is 0 Å². The summed E-state index contributed by atoms with van der Waals surface area (Å²) in [5.74, 6) is 0.191. The molecule has 0 radical (unpaired) electrons. The molecule has 0 aromatic rings. The van der Waals surface area contributed by atoms with E-state index in [1.54, 1.807) is 4.90 Å². The number of rotatable bonds is 4. The Morgan fingerprint density at radius 2 is 1.95 bits per heavy atom. The average Bonchev–Trinajstić information content (AvgIpc) is 2.86. The van der Waals surface area contributed by atoms with Crippen molar-refractivity contribution in [1.82, 2.24) is 10.2 Å². The van der Waals surface area contributed by atoms with Gasteiger partial charge in [0.25, 0.3) is 0 Å². The Bertz CT molecular complexity index is 414. The molecule has 0 spiro atoms. The molecule has 5 nitrogen and oxygen atoms in total. The van der Waals surface area contributed by atoms with Gasteiger partial charge in [-0.1, -0.05) is 13.8 Å². The van der Waals surface area contributed by atoms with Crippen LogP contribution in [0.4, 0.5) is 0 Å². The lowest BCUT2D eigenvalue weighted by Gasteiger charge is -2.28. The molecule has 1 heterocycles. The molecule has 2 aliphatic rings. The largest absolute Gasteiger partial charge is 0.331 e. The Morgan fingerprint density at radius 1 is 1.29 bits per heavy atom. The highest BCUT2D eigenvalue weighted by molar-refractivity contribution is 6.00. The summed E-state index contributed by atoms with van der Waals surface area (Å²) >= 11 is 0. The normalized spacial score (nSPS) is 27.5. The summed E-state index contributed by atoms with van der Waals surface area (Å²) in [7, 11) is 0. The van der Waals surface area contributed by atoms with Gasteiger partial charge in [-0.25, -0.2) is 0 Å². The molecule has 1 aliphatic carbocycles. The van der Waals surface area contributed by atoms with Gasteiger partial charge in [0, 0.05) is 18.9 Å². The topological polar surface area (TPSA) is 66.5 Å². The molecule has 0 unspecified atom stereocenters. The molecule has 118 valence electrons. The Balaban J connectivity index is 1.89. The standard InChI is InChI=1S/C16H26N2O3/c1-3-13(18-10-4-5-14(18)19)16(21)17-15(20)12-8-6-11(2)7-9-12/h11-13H,3-10H2,1-2H3,(H,17,20,21)/t11?,12?,13-/m0/s1. The van der Waals surface area contributed by atoms with Gasteiger partial charge in [0.15, 0.2) is 0 Å². The molecular formula is C16H26N2O3. The van der Waals surface area contributed by atoms with Crippen molar-refractivity contribution in [3.63, 3.8) is 0 Å². The first-order valence-corrected chi connectivity index (χ1v) is 8.17. The summed E-state index contributed by atoms with van der Waals surface area (Å²) in [6.07, 6.45) is 5.68. The van der Waals surface area contributed by atoms with Gasteiger partial charge >= 0.3 is 0 Å². The van der Waals surface area contributed by atoms with E-state index >= 15 is 0 Å². The van der Waals surface area contributed by atoms with Crippen LogP contribution in [0.25, 0.3) is 0 Å². The summed E-state index contributed by atoms with van der Waals surface area (Å²) in [6, 6.07) is -0.494. The molecule has 2 fully saturated rings. The lowest BCUT2D eigenvalue weighted by Crippen LogP contribution is -2.50. The molecule has 1 N–H and O–H groups in total. The molecule has 0 bridgehead atoms. The minimum absolute atomic E-state index is 0.0240. The van der Waals surface area contributed by atoms with E-state index in [-0.39, 0.29) is 23.6 Å². The first kappa shape index (κ1) is 16.0. The summed E-state index contributed by atoms with van der Waals surface area (Å²) in [6.45, 7) is 4.70. The van der Waals surface area contributed by atoms with E-state index in [2.05, 4.69) is 12.2 Å². The molecule has 1 saturated carbocycles. The Hall–Kier alpha value is -1.39. The number of carbonyl (C=O) groups excluding carboxylic acids is 3. The van der Waals surface area contributed by atoms with Gasteiger partial charge in [-0.15, -0.1) is 0 Å². The summed E-state index contributed by atoms with van der Waals surface area (Å²) in [4.78, 5) is 37.9. The Labute approximate surface area is 126 Å². The number of likely N-dealkylation sites (tertiary alicyclic amines) is 1. The van der Waals surface area contributed by atoms with Gasteiger partial charge in [-0.2, -0.15) is 0 Å². The third kappa shape index (κ3) is 3.83. The fourth-order valence-corrected chi connectivity index (χ4v) is 3.37. The average molecular weight is 294 g/mol. The van der Waals surface area contributed by atoms with Gasteiger partial charge in [-0.3, -0.25) is 19.7 Å². The summed E-state index contributed by atoms with van der Waals surface area (Å²) < 4.78 is 0. The maximum atomic E-state index is 12.3. The monoisotopic (exact) mass is 294 g/mol. The van der Waals surface area contributed by atoms with Crippen LogP contribution in [0.3, 0.4) is 0 Å². The number of amides is 3. The zero-order chi connectivity index (χ0) is 15.4. The predicted octanol–water partition coefficient (Wildman–Crippen LogP) is 1.86. The third-order valence-electron chi connectivity index (χ3n) is 4.81. The van der Waals surface area contributed by atoms with Crippen molar-refractivity contribution >= 4 is 17.7 Å². The number of imide groups is 1. The second kappa shape index (κ2) is 7.05. The zero-order valence-electron chi connectivity index (χ0n) is 13.1. The van der Waals surface area contributed by atoms with E-state index in [1.165, 1.54) is 0 Å². The maximum Gasteiger partial charge on any atom is 0.249 e. The molecule has 1 atom stereocenters. The summed E-state index contributed by atoms with van der Waals surface area (Å²) in [5.41, 5.74) is 0. The number of nitrogens with one attached hydrogen (secondary N) is 1. The van der Waals surface area contributed by atoms with Crippen LogP contribution in [0.5, 0.6) is 0 Å². The van der Waals surface area contributed by atoms with Gasteiger partial charge in [0.2, 0.25) is 17.7 Å². The van der Waals surface area contributed by atoms with Gasteiger partial charge < -0.3 is 4.90 Å². The molecule has 2 rings (SSSR count). The van der Waals surface area contributed by atoms with Crippen molar-refractivity contribution in [2.45, 2.75) is 64.8 Å². The van der Waals surface area contributed by atoms with Crippen LogP contribution in [-0.2, 0) is 14.4 Å². The highest BCUT2D eigenvalue weighted by Gasteiger charge is 2.33. The molecule has 0 aromatic heterocycles. The molecule has 1 saturated heterocycles. The highest BCUT2D eigenvalue weighted by Crippen LogP contribution is 2.28. The minimum atomic E-state index is -0.494. The van der Waals surface area contributed by atoms with Crippen LogP contribution >= 0.6 is 0 Å². The van der Waals surface area contributed by atoms with E-state index < -0.39 is 6.04 Å². The molecule has 21 heavy (non-hydrogen) atoms. The lowest BCUT2D eigenvalue weighted by atomic mass is 9.82. The molecule has 0 aromatic carbocycles. The molecule has 3 amide bonds. The van der Waals surface area contributed by atoms with Crippen LogP contribution in [0.15, 0.2) is 0 Å². The van der Waals surface area contributed by atoms with Gasteiger partial charge in [-0.05, 0) is 44.4 Å². The second-order valence-electron chi connectivity index (χ2n) is 6.43. The lowest BCUT2D eigenvalue weighted by molar-refractivity contribution is -0.141. The highest BCUT2D eigenvalue weighted by atomic mass is 16.2. The van der Waals surface area contributed by atoms with Crippen LogP contribution in [0.1, 0.15) is 58.8 Å². The van der Waals surface area contributed by atoms with Gasteiger partial charge in [0.05, 0.1) is 0 Å². The van der Waals surface area contributed by atoms with Crippen molar-refractivity contribution < 1.29 is 14.4 Å². The smallest absolute Gasteiger partial charge is 0.249 e. The maximum absolute atomic E-state index is 12.3. The van der Waals surface area contributed by atoms with Crippen molar-refractivity contribution in [1.29, 1.82) is 0 Å². The second-order valence-corrected chi connectivity index (χ2v) is 6.43. The number of hydrogen-bond acceptors (Lipinski definition) is 3. The number of hydrogen-bond donors (Lipinski definition) is 1.